The van der Waals surface area contributed by atoms with E-state index < -0.39 is 5.97 Å². The fourth-order valence-electron chi connectivity index (χ4n) is 1.84. The first-order chi connectivity index (χ1) is 10.1. The number of thioether (sulfide) groups is 1. The van der Waals surface area contributed by atoms with E-state index >= 15 is 0 Å². The predicted octanol–water partition coefficient (Wildman–Crippen LogP) is 2.39. The molecule has 0 spiro atoms. The Morgan fingerprint density at radius 1 is 1.48 bits per heavy atom. The zero-order valence-electron chi connectivity index (χ0n) is 11.5. The number of halogens is 1. The SMILES string of the molecule is COCc1cc(SCC(=O)O)n(Cc2cccc(F)c2)n1. The smallest absolute Gasteiger partial charge is 0.313 e. The highest BCUT2D eigenvalue weighted by atomic mass is 32.2. The van der Waals surface area contributed by atoms with Gasteiger partial charge in [0.05, 0.1) is 29.6 Å². The van der Waals surface area contributed by atoms with Gasteiger partial charge in [0.15, 0.2) is 0 Å². The molecular formula is C14H15FN2O3S. The molecule has 1 aromatic heterocycles. The van der Waals surface area contributed by atoms with Gasteiger partial charge < -0.3 is 9.84 Å². The van der Waals surface area contributed by atoms with E-state index in [4.69, 9.17) is 9.84 Å². The van der Waals surface area contributed by atoms with E-state index in [1.807, 2.05) is 0 Å². The zero-order chi connectivity index (χ0) is 15.2. The fourth-order valence-corrected chi connectivity index (χ4v) is 2.59. The van der Waals surface area contributed by atoms with Gasteiger partial charge in [0.2, 0.25) is 0 Å². The summed E-state index contributed by atoms with van der Waals surface area (Å²) in [5.74, 6) is -1.26. The molecule has 7 heteroatoms. The average molecular weight is 310 g/mol. The van der Waals surface area contributed by atoms with Crippen molar-refractivity contribution in [3.05, 3.63) is 47.4 Å². The van der Waals surface area contributed by atoms with Crippen LogP contribution in [0.3, 0.4) is 0 Å². The number of carbonyl (C=O) groups is 1. The van der Waals surface area contributed by atoms with Gasteiger partial charge in [-0.1, -0.05) is 23.9 Å². The molecule has 0 aliphatic carbocycles. The number of hydrogen-bond donors (Lipinski definition) is 1. The molecule has 1 aromatic carbocycles. The molecule has 5 nitrogen and oxygen atoms in total. The molecule has 0 radical (unpaired) electrons. The van der Waals surface area contributed by atoms with Crippen molar-refractivity contribution in [1.29, 1.82) is 0 Å². The van der Waals surface area contributed by atoms with Crippen molar-refractivity contribution < 1.29 is 19.0 Å². The van der Waals surface area contributed by atoms with Crippen LogP contribution in [0.5, 0.6) is 0 Å². The van der Waals surface area contributed by atoms with Gasteiger partial charge in [0, 0.05) is 7.11 Å². The number of carboxylic acids is 1. The topological polar surface area (TPSA) is 64.3 Å². The van der Waals surface area contributed by atoms with Crippen molar-refractivity contribution in [3.8, 4) is 0 Å². The lowest BCUT2D eigenvalue weighted by Gasteiger charge is -2.06. The number of methoxy groups -OCH3 is 1. The number of hydrogen-bond acceptors (Lipinski definition) is 4. The first kappa shape index (κ1) is 15.5. The maximum atomic E-state index is 13.2. The monoisotopic (exact) mass is 310 g/mol. The molecule has 1 heterocycles. The number of aliphatic carboxylic acids is 1. The van der Waals surface area contributed by atoms with Crippen molar-refractivity contribution in [2.45, 2.75) is 18.2 Å². The Bertz CT molecular complexity index is 630. The standard InChI is InChI=1S/C14H15FN2O3S/c1-20-8-12-6-13(21-9-14(18)19)17(16-12)7-10-3-2-4-11(15)5-10/h2-6H,7-9H2,1H3,(H,18,19). The lowest BCUT2D eigenvalue weighted by molar-refractivity contribution is -0.133. The van der Waals surface area contributed by atoms with Gasteiger partial charge in [0.25, 0.3) is 0 Å². The van der Waals surface area contributed by atoms with E-state index in [0.717, 1.165) is 5.56 Å². The van der Waals surface area contributed by atoms with Crippen molar-refractivity contribution in [2.24, 2.45) is 0 Å². The van der Waals surface area contributed by atoms with Crippen molar-refractivity contribution >= 4 is 17.7 Å². The minimum atomic E-state index is -0.896. The zero-order valence-corrected chi connectivity index (χ0v) is 12.3. The summed E-state index contributed by atoms with van der Waals surface area (Å²) >= 11 is 1.18. The van der Waals surface area contributed by atoms with Crippen LogP contribution in [0.4, 0.5) is 4.39 Å². The molecule has 0 saturated carbocycles. The van der Waals surface area contributed by atoms with E-state index in [0.29, 0.717) is 23.9 Å². The number of carboxylic acid groups (broad SMARTS) is 1. The highest BCUT2D eigenvalue weighted by Gasteiger charge is 2.11. The van der Waals surface area contributed by atoms with Crippen LogP contribution < -0.4 is 0 Å². The third-order valence-corrected chi connectivity index (χ3v) is 3.67. The number of ether oxygens (including phenoxy) is 1. The van der Waals surface area contributed by atoms with Gasteiger partial charge in [-0.15, -0.1) is 0 Å². The summed E-state index contributed by atoms with van der Waals surface area (Å²) in [6.45, 7) is 0.722. The summed E-state index contributed by atoms with van der Waals surface area (Å²) in [6.07, 6.45) is 0. The highest BCUT2D eigenvalue weighted by Crippen LogP contribution is 2.21. The number of aromatic nitrogens is 2. The summed E-state index contributed by atoms with van der Waals surface area (Å²) in [6, 6.07) is 8.03. The predicted molar refractivity (Wildman–Crippen MR) is 76.8 cm³/mol. The average Bonchev–Trinajstić information content (AvgIpc) is 2.79. The van der Waals surface area contributed by atoms with Crippen LogP contribution in [0.1, 0.15) is 11.3 Å². The minimum absolute atomic E-state index is 0.0543. The molecule has 112 valence electrons. The molecular weight excluding hydrogens is 295 g/mol. The van der Waals surface area contributed by atoms with Crippen LogP contribution in [0.25, 0.3) is 0 Å². The Labute approximate surface area is 125 Å². The first-order valence-electron chi connectivity index (χ1n) is 6.23. The molecule has 2 rings (SSSR count). The van der Waals surface area contributed by atoms with E-state index in [-0.39, 0.29) is 11.6 Å². The van der Waals surface area contributed by atoms with E-state index in [1.54, 1.807) is 30.0 Å². The first-order valence-corrected chi connectivity index (χ1v) is 7.21. The summed E-state index contributed by atoms with van der Waals surface area (Å²) in [4.78, 5) is 10.7. The maximum Gasteiger partial charge on any atom is 0.313 e. The second kappa shape index (κ2) is 7.24. The quantitative estimate of drug-likeness (QED) is 0.796. The minimum Gasteiger partial charge on any atom is -0.481 e. The van der Waals surface area contributed by atoms with Gasteiger partial charge in [-0.25, -0.2) is 4.39 Å². The van der Waals surface area contributed by atoms with Gasteiger partial charge in [-0.2, -0.15) is 5.10 Å². The second-order valence-corrected chi connectivity index (χ2v) is 5.37. The summed E-state index contributed by atoms with van der Waals surface area (Å²) < 4.78 is 19.9. The lowest BCUT2D eigenvalue weighted by Crippen LogP contribution is -2.06. The third-order valence-electron chi connectivity index (χ3n) is 2.65. The van der Waals surface area contributed by atoms with Gasteiger partial charge in [-0.3, -0.25) is 9.48 Å². The number of benzene rings is 1. The van der Waals surface area contributed by atoms with Crippen molar-refractivity contribution in [1.82, 2.24) is 9.78 Å². The van der Waals surface area contributed by atoms with Crippen molar-refractivity contribution in [3.63, 3.8) is 0 Å². The van der Waals surface area contributed by atoms with Gasteiger partial charge in [-0.05, 0) is 23.8 Å². The summed E-state index contributed by atoms with van der Waals surface area (Å²) in [5, 5.41) is 13.9. The molecule has 21 heavy (non-hydrogen) atoms. The molecule has 0 saturated heterocycles. The Balaban J connectivity index is 2.20. The normalized spacial score (nSPS) is 10.8. The second-order valence-electron chi connectivity index (χ2n) is 4.38. The van der Waals surface area contributed by atoms with E-state index in [2.05, 4.69) is 5.10 Å². The molecule has 2 aromatic rings. The molecule has 0 fully saturated rings. The van der Waals surface area contributed by atoms with Crippen LogP contribution in [0.2, 0.25) is 0 Å². The Morgan fingerprint density at radius 2 is 2.29 bits per heavy atom. The van der Waals surface area contributed by atoms with Crippen LogP contribution in [0.15, 0.2) is 35.4 Å². The summed E-state index contributed by atoms with van der Waals surface area (Å²) in [5.41, 5.74) is 1.47. The fraction of sp³-hybridized carbons (Fsp3) is 0.286. The van der Waals surface area contributed by atoms with Crippen LogP contribution >= 0.6 is 11.8 Å². The van der Waals surface area contributed by atoms with E-state index in [9.17, 15) is 9.18 Å². The van der Waals surface area contributed by atoms with Crippen LogP contribution in [-0.4, -0.2) is 33.7 Å². The van der Waals surface area contributed by atoms with Crippen LogP contribution in [-0.2, 0) is 22.7 Å². The van der Waals surface area contributed by atoms with E-state index in [1.165, 1.54) is 23.9 Å². The molecule has 0 bridgehead atoms. The van der Waals surface area contributed by atoms with Crippen molar-refractivity contribution in [2.75, 3.05) is 12.9 Å². The Hall–Kier alpha value is -1.86. The highest BCUT2D eigenvalue weighted by molar-refractivity contribution is 7.99. The molecule has 0 aliphatic rings. The molecule has 0 atom stereocenters. The molecule has 0 aliphatic heterocycles. The molecule has 1 N–H and O–H groups in total. The largest absolute Gasteiger partial charge is 0.481 e. The Kier molecular flexibility index (Phi) is 5.35. The molecule has 0 unspecified atom stereocenters. The van der Waals surface area contributed by atoms with Gasteiger partial charge >= 0.3 is 5.97 Å². The third kappa shape index (κ3) is 4.57. The lowest BCUT2D eigenvalue weighted by atomic mass is 10.2. The number of rotatable bonds is 7. The number of nitrogens with zero attached hydrogens (tertiary/aromatic N) is 2. The molecule has 0 amide bonds. The van der Waals surface area contributed by atoms with Crippen LogP contribution in [0, 0.1) is 5.82 Å². The summed E-state index contributed by atoms with van der Waals surface area (Å²) in [7, 11) is 1.57. The Morgan fingerprint density at radius 3 is 2.95 bits per heavy atom. The van der Waals surface area contributed by atoms with Gasteiger partial charge in [0.1, 0.15) is 5.82 Å². The maximum absolute atomic E-state index is 13.2.